The van der Waals surface area contributed by atoms with Gasteiger partial charge in [-0.05, 0) is 31.4 Å². The third kappa shape index (κ3) is 3.77. The van der Waals surface area contributed by atoms with Crippen LogP contribution in [0.1, 0.15) is 25.0 Å². The van der Waals surface area contributed by atoms with Gasteiger partial charge < -0.3 is 10.0 Å². The number of likely N-dealkylation sites (tertiary alicyclic amines) is 1. The quantitative estimate of drug-likeness (QED) is 0.888. The van der Waals surface area contributed by atoms with Crippen molar-refractivity contribution in [2.45, 2.75) is 25.7 Å². The number of hydrogen-bond donors (Lipinski definition) is 1. The second-order valence-corrected chi connectivity index (χ2v) is 4.84. The molecular formula is C14H18N2O3. The number of aryl methyl sites for hydroxylation is 1. The Kier molecular flexibility index (Phi) is 4.49. The van der Waals surface area contributed by atoms with Gasteiger partial charge in [0.15, 0.2) is 0 Å². The molecule has 2 heterocycles. The molecule has 1 aromatic heterocycles. The third-order valence-corrected chi connectivity index (χ3v) is 3.44. The number of aliphatic carboxylic acids is 1. The van der Waals surface area contributed by atoms with E-state index < -0.39 is 11.9 Å². The van der Waals surface area contributed by atoms with Crippen LogP contribution in [0.25, 0.3) is 0 Å². The number of carboxylic acids is 1. The number of rotatable bonds is 4. The molecule has 1 N–H and O–H groups in total. The maximum atomic E-state index is 12.0. The van der Waals surface area contributed by atoms with Crippen molar-refractivity contribution in [2.75, 3.05) is 13.1 Å². The molecule has 1 amide bonds. The highest BCUT2D eigenvalue weighted by atomic mass is 16.4. The summed E-state index contributed by atoms with van der Waals surface area (Å²) in [5, 5.41) is 9.00. The van der Waals surface area contributed by atoms with Crippen LogP contribution >= 0.6 is 0 Å². The summed E-state index contributed by atoms with van der Waals surface area (Å²) in [6, 6.07) is 5.63. The van der Waals surface area contributed by atoms with E-state index >= 15 is 0 Å². The summed E-state index contributed by atoms with van der Waals surface area (Å²) in [6.45, 7) is 1.02. The number of piperidine rings is 1. The lowest BCUT2D eigenvalue weighted by Gasteiger charge is -2.30. The number of amides is 1. The number of carboxylic acid groups (broad SMARTS) is 1. The highest BCUT2D eigenvalue weighted by molar-refractivity contribution is 5.78. The fraction of sp³-hybridized carbons (Fsp3) is 0.500. The lowest BCUT2D eigenvalue weighted by atomic mass is 9.98. The fourth-order valence-corrected chi connectivity index (χ4v) is 2.34. The Labute approximate surface area is 112 Å². The summed E-state index contributed by atoms with van der Waals surface area (Å²) in [6.07, 6.45) is 4.14. The van der Waals surface area contributed by atoms with Gasteiger partial charge in [0.05, 0.1) is 5.92 Å². The fourth-order valence-electron chi connectivity index (χ4n) is 2.34. The van der Waals surface area contributed by atoms with Crippen molar-refractivity contribution >= 4 is 11.9 Å². The second-order valence-electron chi connectivity index (χ2n) is 4.84. The predicted octanol–water partition coefficient (Wildman–Crippen LogP) is 1.34. The van der Waals surface area contributed by atoms with E-state index in [0.29, 0.717) is 32.4 Å². The van der Waals surface area contributed by atoms with Gasteiger partial charge in [0.25, 0.3) is 0 Å². The Balaban J connectivity index is 1.84. The molecule has 0 saturated carbocycles. The molecule has 0 bridgehead atoms. The Morgan fingerprint density at radius 3 is 2.95 bits per heavy atom. The van der Waals surface area contributed by atoms with E-state index in [1.807, 2.05) is 18.2 Å². The van der Waals surface area contributed by atoms with Gasteiger partial charge in [-0.15, -0.1) is 0 Å². The first-order valence-corrected chi connectivity index (χ1v) is 6.57. The summed E-state index contributed by atoms with van der Waals surface area (Å²) >= 11 is 0. The number of carbonyl (C=O) groups is 2. The Morgan fingerprint density at radius 1 is 1.42 bits per heavy atom. The number of nitrogens with zero attached hydrogens (tertiary/aromatic N) is 2. The van der Waals surface area contributed by atoms with Gasteiger partial charge in [0, 0.05) is 31.4 Å². The molecule has 5 heteroatoms. The summed E-state index contributed by atoms with van der Waals surface area (Å²) < 4.78 is 0. The molecule has 2 rings (SSSR count). The summed E-state index contributed by atoms with van der Waals surface area (Å²) in [7, 11) is 0. The Morgan fingerprint density at radius 2 is 2.26 bits per heavy atom. The third-order valence-electron chi connectivity index (χ3n) is 3.44. The van der Waals surface area contributed by atoms with Crippen LogP contribution in [0.3, 0.4) is 0 Å². The molecule has 1 unspecified atom stereocenters. The Bertz CT molecular complexity index is 447. The molecule has 5 nitrogen and oxygen atoms in total. The number of aromatic nitrogens is 1. The second kappa shape index (κ2) is 6.31. The number of pyridine rings is 1. The summed E-state index contributed by atoms with van der Waals surface area (Å²) in [4.78, 5) is 28.8. The van der Waals surface area contributed by atoms with Gasteiger partial charge >= 0.3 is 5.97 Å². The molecule has 0 aliphatic carbocycles. The van der Waals surface area contributed by atoms with Crippen molar-refractivity contribution in [3.63, 3.8) is 0 Å². The van der Waals surface area contributed by atoms with Crippen LogP contribution < -0.4 is 0 Å². The zero-order valence-corrected chi connectivity index (χ0v) is 10.8. The van der Waals surface area contributed by atoms with Crippen LogP contribution in [-0.2, 0) is 16.0 Å². The van der Waals surface area contributed by atoms with Crippen LogP contribution in [0.4, 0.5) is 0 Å². The van der Waals surface area contributed by atoms with Crippen molar-refractivity contribution in [2.24, 2.45) is 5.92 Å². The molecule has 1 aromatic rings. The van der Waals surface area contributed by atoms with Gasteiger partial charge in [0.2, 0.25) is 5.91 Å². The first-order valence-electron chi connectivity index (χ1n) is 6.57. The molecule has 0 radical (unpaired) electrons. The van der Waals surface area contributed by atoms with Crippen molar-refractivity contribution in [1.29, 1.82) is 0 Å². The van der Waals surface area contributed by atoms with Gasteiger partial charge in [-0.3, -0.25) is 14.6 Å². The van der Waals surface area contributed by atoms with Crippen molar-refractivity contribution < 1.29 is 14.7 Å². The molecule has 0 aromatic carbocycles. The normalized spacial score (nSPS) is 19.2. The average molecular weight is 262 g/mol. The van der Waals surface area contributed by atoms with Crippen LogP contribution in [0.15, 0.2) is 24.4 Å². The Hall–Kier alpha value is -1.91. The molecule has 0 spiro atoms. The minimum absolute atomic E-state index is 0.0246. The first-order chi connectivity index (χ1) is 9.16. The monoisotopic (exact) mass is 262 g/mol. The number of carbonyl (C=O) groups excluding carboxylic acids is 1. The molecule has 1 aliphatic heterocycles. The molecule has 1 aliphatic rings. The van der Waals surface area contributed by atoms with Gasteiger partial charge in [0.1, 0.15) is 0 Å². The van der Waals surface area contributed by atoms with Gasteiger partial charge in [-0.1, -0.05) is 6.07 Å². The lowest BCUT2D eigenvalue weighted by molar-refractivity contribution is -0.145. The minimum atomic E-state index is -0.803. The smallest absolute Gasteiger partial charge is 0.308 e. The van der Waals surface area contributed by atoms with Crippen LogP contribution in [-0.4, -0.2) is 40.0 Å². The minimum Gasteiger partial charge on any atom is -0.481 e. The van der Waals surface area contributed by atoms with Gasteiger partial charge in [-0.2, -0.15) is 0 Å². The summed E-state index contributed by atoms with van der Waals surface area (Å²) in [5.74, 6) is -1.19. The van der Waals surface area contributed by atoms with E-state index in [4.69, 9.17) is 5.11 Å². The molecular weight excluding hydrogens is 244 g/mol. The van der Waals surface area contributed by atoms with E-state index in [9.17, 15) is 9.59 Å². The standard InChI is InChI=1S/C14H18N2O3/c17-13(7-6-12-5-1-2-8-15-12)16-9-3-4-11(10-16)14(18)19/h1-2,5,8,11H,3-4,6-7,9-10H2,(H,18,19). The molecule has 1 saturated heterocycles. The van der Waals surface area contributed by atoms with Crippen molar-refractivity contribution in [1.82, 2.24) is 9.88 Å². The van der Waals surface area contributed by atoms with E-state index in [1.165, 1.54) is 0 Å². The molecule has 1 atom stereocenters. The van der Waals surface area contributed by atoms with Crippen LogP contribution in [0.5, 0.6) is 0 Å². The van der Waals surface area contributed by atoms with E-state index in [2.05, 4.69) is 4.98 Å². The predicted molar refractivity (Wildman–Crippen MR) is 69.5 cm³/mol. The maximum absolute atomic E-state index is 12.0. The molecule has 1 fully saturated rings. The first kappa shape index (κ1) is 13.5. The van der Waals surface area contributed by atoms with E-state index in [0.717, 1.165) is 12.1 Å². The van der Waals surface area contributed by atoms with Crippen molar-refractivity contribution in [3.05, 3.63) is 30.1 Å². The van der Waals surface area contributed by atoms with Gasteiger partial charge in [-0.25, -0.2) is 0 Å². The maximum Gasteiger partial charge on any atom is 0.308 e. The SMILES string of the molecule is O=C(O)C1CCCN(C(=O)CCc2ccccn2)C1. The van der Waals surface area contributed by atoms with Crippen molar-refractivity contribution in [3.8, 4) is 0 Å². The average Bonchev–Trinajstić information content (AvgIpc) is 2.46. The van der Waals surface area contributed by atoms with Crippen LogP contribution in [0, 0.1) is 5.92 Å². The zero-order chi connectivity index (χ0) is 13.7. The number of hydrogen-bond acceptors (Lipinski definition) is 3. The topological polar surface area (TPSA) is 70.5 Å². The summed E-state index contributed by atoms with van der Waals surface area (Å²) in [5.41, 5.74) is 0.891. The largest absolute Gasteiger partial charge is 0.481 e. The zero-order valence-electron chi connectivity index (χ0n) is 10.8. The highest BCUT2D eigenvalue weighted by Gasteiger charge is 2.27. The van der Waals surface area contributed by atoms with E-state index in [1.54, 1.807) is 11.1 Å². The van der Waals surface area contributed by atoms with E-state index in [-0.39, 0.29) is 5.91 Å². The van der Waals surface area contributed by atoms with Crippen LogP contribution in [0.2, 0.25) is 0 Å². The molecule has 19 heavy (non-hydrogen) atoms. The molecule has 102 valence electrons. The highest BCUT2D eigenvalue weighted by Crippen LogP contribution is 2.17. The lowest BCUT2D eigenvalue weighted by Crippen LogP contribution is -2.42.